The van der Waals surface area contributed by atoms with Crippen LogP contribution in [0.25, 0.3) is 0 Å². The van der Waals surface area contributed by atoms with E-state index in [9.17, 15) is 13.2 Å². The van der Waals surface area contributed by atoms with Gasteiger partial charge in [0.25, 0.3) is 0 Å². The Hall–Kier alpha value is -0.660. The highest BCUT2D eigenvalue weighted by Gasteiger charge is 2.26. The average Bonchev–Trinajstić information content (AvgIpc) is 2.29. The average molecular weight is 264 g/mol. The summed E-state index contributed by atoms with van der Waals surface area (Å²) >= 11 is 0. The number of hydrogen-bond donors (Lipinski definition) is 3. The molecule has 100 valence electrons. The highest BCUT2D eigenvalue weighted by atomic mass is 32.2. The maximum atomic E-state index is 11.8. The summed E-state index contributed by atoms with van der Waals surface area (Å²) in [4.78, 5) is 10.5. The Morgan fingerprint density at radius 1 is 1.35 bits per heavy atom. The molecular weight excluding hydrogens is 244 g/mol. The molecule has 0 aromatic carbocycles. The molecule has 0 aromatic rings. The lowest BCUT2D eigenvalue weighted by atomic mass is 10.0. The van der Waals surface area contributed by atoms with Gasteiger partial charge in [-0.1, -0.05) is 19.3 Å². The summed E-state index contributed by atoms with van der Waals surface area (Å²) in [5.74, 6) is -1.11. The van der Waals surface area contributed by atoms with Crippen LogP contribution in [0.1, 0.15) is 38.5 Å². The van der Waals surface area contributed by atoms with Gasteiger partial charge in [0.2, 0.25) is 10.0 Å². The van der Waals surface area contributed by atoms with Crippen molar-refractivity contribution in [3.63, 3.8) is 0 Å². The Morgan fingerprint density at radius 2 is 1.94 bits per heavy atom. The summed E-state index contributed by atoms with van der Waals surface area (Å²) in [7, 11) is -3.30. The molecule has 0 heterocycles. The van der Waals surface area contributed by atoms with E-state index in [-0.39, 0.29) is 18.2 Å². The van der Waals surface area contributed by atoms with Crippen molar-refractivity contribution < 1.29 is 18.3 Å². The molecular formula is C10H20N2O4S. The summed E-state index contributed by atoms with van der Waals surface area (Å²) in [5, 5.41) is 8.24. The summed E-state index contributed by atoms with van der Waals surface area (Å²) in [5.41, 5.74) is 5.29. The van der Waals surface area contributed by atoms with E-state index in [1.54, 1.807) is 0 Å². The minimum absolute atomic E-state index is 0.0896. The molecule has 4 N–H and O–H groups in total. The first-order valence-electron chi connectivity index (χ1n) is 5.90. The predicted molar refractivity (Wildman–Crippen MR) is 64.0 cm³/mol. The third kappa shape index (κ3) is 4.61. The highest BCUT2D eigenvalue weighted by molar-refractivity contribution is 7.90. The molecule has 1 atom stereocenters. The van der Waals surface area contributed by atoms with Gasteiger partial charge >= 0.3 is 5.97 Å². The molecule has 0 amide bonds. The van der Waals surface area contributed by atoms with E-state index in [1.807, 2.05) is 0 Å². The van der Waals surface area contributed by atoms with Crippen LogP contribution in [0.15, 0.2) is 0 Å². The number of nitrogens with two attached hydrogens (primary N) is 1. The molecule has 1 fully saturated rings. The second-order valence-electron chi connectivity index (χ2n) is 4.43. The van der Waals surface area contributed by atoms with Crippen molar-refractivity contribution >= 4 is 16.0 Å². The van der Waals surface area contributed by atoms with Gasteiger partial charge < -0.3 is 10.8 Å². The monoisotopic (exact) mass is 264 g/mol. The van der Waals surface area contributed by atoms with Crippen molar-refractivity contribution in [3.05, 3.63) is 0 Å². The molecule has 1 rings (SSSR count). The number of aliphatic carboxylic acids is 1. The van der Waals surface area contributed by atoms with E-state index in [2.05, 4.69) is 4.72 Å². The zero-order chi connectivity index (χ0) is 12.9. The van der Waals surface area contributed by atoms with Crippen LogP contribution in [0.3, 0.4) is 0 Å². The zero-order valence-electron chi connectivity index (χ0n) is 9.76. The molecule has 1 aliphatic carbocycles. The number of carbonyl (C=O) groups is 1. The van der Waals surface area contributed by atoms with Crippen molar-refractivity contribution in [1.82, 2.24) is 4.72 Å². The SMILES string of the molecule is NC(CCNS(=O)(=O)C1CCCCC1)C(=O)O. The summed E-state index contributed by atoms with van der Waals surface area (Å²) in [6.07, 6.45) is 4.48. The second kappa shape index (κ2) is 6.32. The molecule has 0 aromatic heterocycles. The third-order valence-electron chi connectivity index (χ3n) is 3.07. The van der Waals surface area contributed by atoms with E-state index in [0.717, 1.165) is 19.3 Å². The van der Waals surface area contributed by atoms with Crippen LogP contribution in [0.4, 0.5) is 0 Å². The minimum Gasteiger partial charge on any atom is -0.480 e. The van der Waals surface area contributed by atoms with Crippen LogP contribution in [-0.4, -0.2) is 37.3 Å². The molecule has 0 aliphatic heterocycles. The smallest absolute Gasteiger partial charge is 0.320 e. The molecule has 0 spiro atoms. The van der Waals surface area contributed by atoms with Gasteiger partial charge in [0, 0.05) is 6.54 Å². The van der Waals surface area contributed by atoms with Gasteiger partial charge in [0.15, 0.2) is 0 Å². The summed E-state index contributed by atoms with van der Waals surface area (Å²) in [6.45, 7) is 0.0896. The Labute approximate surface area is 102 Å². The van der Waals surface area contributed by atoms with Crippen molar-refractivity contribution in [2.24, 2.45) is 5.73 Å². The maximum absolute atomic E-state index is 11.8. The molecule has 6 nitrogen and oxygen atoms in total. The molecule has 0 saturated heterocycles. The van der Waals surface area contributed by atoms with E-state index in [1.165, 1.54) is 0 Å². The predicted octanol–water partition coefficient (Wildman–Crippen LogP) is 0.0405. The van der Waals surface area contributed by atoms with Gasteiger partial charge in [-0.2, -0.15) is 0 Å². The van der Waals surface area contributed by atoms with Crippen LogP contribution in [0, 0.1) is 0 Å². The van der Waals surface area contributed by atoms with Crippen molar-refractivity contribution in [3.8, 4) is 0 Å². The fourth-order valence-corrected chi connectivity index (χ4v) is 3.57. The fraction of sp³-hybridized carbons (Fsp3) is 0.900. The van der Waals surface area contributed by atoms with Crippen molar-refractivity contribution in [2.75, 3.05) is 6.54 Å². The molecule has 0 radical (unpaired) electrons. The van der Waals surface area contributed by atoms with E-state index in [4.69, 9.17) is 10.8 Å². The third-order valence-corrected chi connectivity index (χ3v) is 5.02. The lowest BCUT2D eigenvalue weighted by Gasteiger charge is -2.22. The zero-order valence-corrected chi connectivity index (χ0v) is 10.6. The number of hydrogen-bond acceptors (Lipinski definition) is 4. The van der Waals surface area contributed by atoms with Gasteiger partial charge in [-0.3, -0.25) is 4.79 Å². The Kier molecular flexibility index (Phi) is 5.35. The Bertz CT molecular complexity index is 349. The highest BCUT2D eigenvalue weighted by Crippen LogP contribution is 2.22. The quantitative estimate of drug-likeness (QED) is 0.627. The number of nitrogens with one attached hydrogen (secondary N) is 1. The number of carboxylic acid groups (broad SMARTS) is 1. The van der Waals surface area contributed by atoms with Gasteiger partial charge in [0.05, 0.1) is 5.25 Å². The Morgan fingerprint density at radius 3 is 2.47 bits per heavy atom. The largest absolute Gasteiger partial charge is 0.480 e. The summed E-state index contributed by atoms with van der Waals surface area (Å²) < 4.78 is 26.1. The van der Waals surface area contributed by atoms with Gasteiger partial charge in [0.1, 0.15) is 6.04 Å². The normalized spacial score (nSPS) is 20.1. The first-order chi connectivity index (χ1) is 7.93. The first-order valence-corrected chi connectivity index (χ1v) is 7.45. The molecule has 0 bridgehead atoms. The molecule has 7 heteroatoms. The fourth-order valence-electron chi connectivity index (χ4n) is 1.97. The van der Waals surface area contributed by atoms with Crippen LogP contribution in [0.5, 0.6) is 0 Å². The molecule has 17 heavy (non-hydrogen) atoms. The molecule has 1 saturated carbocycles. The van der Waals surface area contributed by atoms with Crippen LogP contribution in [-0.2, 0) is 14.8 Å². The van der Waals surface area contributed by atoms with Crippen molar-refractivity contribution in [1.29, 1.82) is 0 Å². The topological polar surface area (TPSA) is 109 Å². The van der Waals surface area contributed by atoms with Crippen LogP contribution in [0.2, 0.25) is 0 Å². The van der Waals surface area contributed by atoms with E-state index < -0.39 is 22.0 Å². The lowest BCUT2D eigenvalue weighted by Crippen LogP contribution is -2.39. The maximum Gasteiger partial charge on any atom is 0.320 e. The van der Waals surface area contributed by atoms with Gasteiger partial charge in [-0.15, -0.1) is 0 Å². The van der Waals surface area contributed by atoms with E-state index in [0.29, 0.717) is 12.8 Å². The van der Waals surface area contributed by atoms with E-state index >= 15 is 0 Å². The van der Waals surface area contributed by atoms with Gasteiger partial charge in [-0.05, 0) is 19.3 Å². The number of carboxylic acids is 1. The number of sulfonamides is 1. The van der Waals surface area contributed by atoms with Gasteiger partial charge in [-0.25, -0.2) is 13.1 Å². The standard InChI is InChI=1S/C10H20N2O4S/c11-9(10(13)14)6-7-12-17(15,16)8-4-2-1-3-5-8/h8-9,12H,1-7,11H2,(H,13,14). The Balaban J connectivity index is 2.36. The second-order valence-corrected chi connectivity index (χ2v) is 6.48. The van der Waals surface area contributed by atoms with Crippen LogP contribution < -0.4 is 10.5 Å². The van der Waals surface area contributed by atoms with Crippen LogP contribution >= 0.6 is 0 Å². The number of rotatable bonds is 6. The lowest BCUT2D eigenvalue weighted by molar-refractivity contribution is -0.138. The van der Waals surface area contributed by atoms with Crippen molar-refractivity contribution in [2.45, 2.75) is 49.8 Å². The minimum atomic E-state index is -3.30. The summed E-state index contributed by atoms with van der Waals surface area (Å²) in [6, 6.07) is -1.01. The first kappa shape index (κ1) is 14.4. The molecule has 1 unspecified atom stereocenters. The molecule has 1 aliphatic rings.